The number of ether oxygens (including phenoxy) is 1. The maximum atomic E-state index is 14.1. The zero-order chi connectivity index (χ0) is 24.9. The average Bonchev–Trinajstić information content (AvgIpc) is 3.49. The molecule has 1 atom stereocenters. The van der Waals surface area contributed by atoms with Gasteiger partial charge in [0, 0.05) is 13.1 Å². The Labute approximate surface area is 216 Å². The Bertz CT molecular complexity index is 1040. The van der Waals surface area contributed by atoms with Gasteiger partial charge < -0.3 is 9.64 Å². The molecule has 1 amide bonds. The van der Waals surface area contributed by atoms with Gasteiger partial charge in [0.25, 0.3) is 0 Å². The van der Waals surface area contributed by atoms with Crippen LogP contribution in [0.15, 0.2) is 42.5 Å². The molecule has 1 heterocycles. The van der Waals surface area contributed by atoms with Gasteiger partial charge in [-0.3, -0.25) is 9.59 Å². The van der Waals surface area contributed by atoms with E-state index < -0.39 is 11.9 Å². The molecule has 0 spiro atoms. The molecule has 2 aromatic carbocycles. The van der Waals surface area contributed by atoms with E-state index in [0.717, 1.165) is 55.5 Å². The first-order chi connectivity index (χ1) is 17.7. The van der Waals surface area contributed by atoms with Crippen LogP contribution >= 0.6 is 0 Å². The van der Waals surface area contributed by atoms with Crippen molar-refractivity contribution in [3.63, 3.8) is 0 Å². The molecule has 2 saturated carbocycles. The van der Waals surface area contributed by atoms with Crippen molar-refractivity contribution < 1.29 is 14.3 Å². The van der Waals surface area contributed by atoms with Crippen molar-refractivity contribution in [2.45, 2.75) is 94.8 Å². The zero-order valence-electron chi connectivity index (χ0n) is 21.8. The second-order valence-electron chi connectivity index (χ2n) is 11.1. The molecule has 5 rings (SSSR count). The lowest BCUT2D eigenvalue weighted by Crippen LogP contribution is -2.38. The van der Waals surface area contributed by atoms with Crippen molar-refractivity contribution in [3.8, 4) is 11.1 Å². The Balaban J connectivity index is 1.75. The minimum Gasteiger partial charge on any atom is -0.468 e. The van der Waals surface area contributed by atoms with E-state index in [2.05, 4.69) is 36.4 Å². The molecule has 1 saturated heterocycles. The van der Waals surface area contributed by atoms with Crippen LogP contribution in [0.5, 0.6) is 0 Å². The van der Waals surface area contributed by atoms with Gasteiger partial charge in [0.1, 0.15) is 0 Å². The van der Waals surface area contributed by atoms with E-state index in [1.165, 1.54) is 69.6 Å². The second-order valence-corrected chi connectivity index (χ2v) is 11.1. The van der Waals surface area contributed by atoms with Gasteiger partial charge in [0.15, 0.2) is 5.92 Å². The number of carbonyl (C=O) groups excluding carboxylic acids is 2. The number of rotatable bonds is 6. The van der Waals surface area contributed by atoms with Gasteiger partial charge >= 0.3 is 5.97 Å². The second kappa shape index (κ2) is 11.6. The van der Waals surface area contributed by atoms with Gasteiger partial charge in [-0.15, -0.1) is 0 Å². The van der Waals surface area contributed by atoms with Crippen LogP contribution in [0.4, 0.5) is 0 Å². The molecule has 192 valence electrons. The predicted octanol–water partition coefficient (Wildman–Crippen LogP) is 7.33. The quantitative estimate of drug-likeness (QED) is 0.317. The molecule has 3 aliphatic rings. The lowest BCUT2D eigenvalue weighted by Gasteiger charge is -2.33. The van der Waals surface area contributed by atoms with Crippen LogP contribution in [-0.4, -0.2) is 37.0 Å². The zero-order valence-corrected chi connectivity index (χ0v) is 21.8. The SMILES string of the molecule is COC(=O)C(C(=O)N1CCCC1)c1c(C2CCCCC2)ccc(C2CCCCC2)c1-c1ccccc1. The van der Waals surface area contributed by atoms with Crippen molar-refractivity contribution in [2.75, 3.05) is 20.2 Å². The molecule has 0 radical (unpaired) electrons. The summed E-state index contributed by atoms with van der Waals surface area (Å²) in [5.74, 6) is -0.538. The van der Waals surface area contributed by atoms with Gasteiger partial charge in [-0.1, -0.05) is 81.0 Å². The molecular weight excluding hydrogens is 446 g/mol. The smallest absolute Gasteiger partial charge is 0.322 e. The highest BCUT2D eigenvalue weighted by Gasteiger charge is 2.40. The molecule has 4 nitrogen and oxygen atoms in total. The Morgan fingerprint density at radius 2 is 1.31 bits per heavy atom. The largest absolute Gasteiger partial charge is 0.468 e. The highest BCUT2D eigenvalue weighted by atomic mass is 16.5. The van der Waals surface area contributed by atoms with Crippen LogP contribution in [0.1, 0.15) is 111 Å². The fourth-order valence-corrected chi connectivity index (χ4v) is 6.99. The van der Waals surface area contributed by atoms with Crippen LogP contribution in [-0.2, 0) is 14.3 Å². The molecule has 3 fully saturated rings. The lowest BCUT2D eigenvalue weighted by atomic mass is 9.72. The highest BCUT2D eigenvalue weighted by molar-refractivity contribution is 6.05. The summed E-state index contributed by atoms with van der Waals surface area (Å²) in [6.07, 6.45) is 14.0. The summed E-state index contributed by atoms with van der Waals surface area (Å²) in [6, 6.07) is 15.1. The van der Waals surface area contributed by atoms with E-state index in [4.69, 9.17) is 4.74 Å². The molecule has 4 heteroatoms. The van der Waals surface area contributed by atoms with Crippen molar-refractivity contribution in [3.05, 3.63) is 59.2 Å². The Kier molecular flexibility index (Phi) is 8.09. The normalized spacial score (nSPS) is 20.3. The maximum absolute atomic E-state index is 14.1. The first kappa shape index (κ1) is 25.0. The summed E-state index contributed by atoms with van der Waals surface area (Å²) < 4.78 is 5.38. The van der Waals surface area contributed by atoms with Crippen LogP contribution in [0.25, 0.3) is 11.1 Å². The molecule has 1 aliphatic heterocycles. The number of amides is 1. The highest BCUT2D eigenvalue weighted by Crippen LogP contribution is 2.47. The average molecular weight is 488 g/mol. The molecule has 2 aromatic rings. The van der Waals surface area contributed by atoms with Crippen LogP contribution in [0, 0.1) is 0 Å². The van der Waals surface area contributed by atoms with Gasteiger partial charge in [-0.25, -0.2) is 0 Å². The van der Waals surface area contributed by atoms with E-state index >= 15 is 0 Å². The predicted molar refractivity (Wildman–Crippen MR) is 144 cm³/mol. The fourth-order valence-electron chi connectivity index (χ4n) is 6.99. The molecule has 1 unspecified atom stereocenters. The van der Waals surface area contributed by atoms with Crippen LogP contribution < -0.4 is 0 Å². The summed E-state index contributed by atoms with van der Waals surface area (Å²) in [6.45, 7) is 1.46. The third-order valence-corrected chi connectivity index (χ3v) is 8.85. The molecule has 36 heavy (non-hydrogen) atoms. The van der Waals surface area contributed by atoms with Crippen molar-refractivity contribution in [1.82, 2.24) is 4.90 Å². The summed E-state index contributed by atoms with van der Waals surface area (Å²) in [7, 11) is 1.43. The summed E-state index contributed by atoms with van der Waals surface area (Å²) in [4.78, 5) is 29.5. The summed E-state index contributed by atoms with van der Waals surface area (Å²) in [5, 5.41) is 0. The van der Waals surface area contributed by atoms with E-state index in [-0.39, 0.29) is 5.91 Å². The number of hydrogen-bond acceptors (Lipinski definition) is 3. The minimum atomic E-state index is -0.899. The molecule has 0 aromatic heterocycles. The first-order valence-electron chi connectivity index (χ1n) is 14.3. The Hall–Kier alpha value is -2.62. The number of likely N-dealkylation sites (tertiary alicyclic amines) is 1. The molecule has 0 N–H and O–H groups in total. The molecule has 0 bridgehead atoms. The number of nitrogens with zero attached hydrogens (tertiary/aromatic N) is 1. The third kappa shape index (κ3) is 5.10. The molecular formula is C32H41NO3. The molecule has 2 aliphatic carbocycles. The van der Waals surface area contributed by atoms with E-state index in [0.29, 0.717) is 11.8 Å². The van der Waals surface area contributed by atoms with E-state index in [9.17, 15) is 9.59 Å². The number of esters is 1. The Morgan fingerprint density at radius 1 is 0.750 bits per heavy atom. The number of hydrogen-bond donors (Lipinski definition) is 0. The minimum absolute atomic E-state index is 0.0746. The third-order valence-electron chi connectivity index (χ3n) is 8.85. The van der Waals surface area contributed by atoms with Gasteiger partial charge in [0.2, 0.25) is 5.91 Å². The van der Waals surface area contributed by atoms with E-state index in [1.807, 2.05) is 11.0 Å². The van der Waals surface area contributed by atoms with Crippen LogP contribution in [0.3, 0.4) is 0 Å². The number of benzene rings is 2. The fraction of sp³-hybridized carbons (Fsp3) is 0.562. The van der Waals surface area contributed by atoms with Crippen LogP contribution in [0.2, 0.25) is 0 Å². The monoisotopic (exact) mass is 487 g/mol. The standard InChI is InChI=1S/C32H41NO3/c1-36-32(35)30(31(34)33-21-11-12-22-33)29-27(24-15-7-3-8-16-24)20-19-26(23-13-5-2-6-14-23)28(29)25-17-9-4-10-18-25/h4,9-10,17-20,23-24,30H,2-3,5-8,11-16,21-22H2,1H3. The van der Waals surface area contributed by atoms with Crippen molar-refractivity contribution >= 4 is 11.9 Å². The topological polar surface area (TPSA) is 46.6 Å². The lowest BCUT2D eigenvalue weighted by molar-refractivity contribution is -0.149. The summed E-state index contributed by atoms with van der Waals surface area (Å²) in [5.41, 5.74) is 5.72. The maximum Gasteiger partial charge on any atom is 0.322 e. The Morgan fingerprint density at radius 3 is 1.89 bits per heavy atom. The van der Waals surface area contributed by atoms with Crippen molar-refractivity contribution in [2.24, 2.45) is 0 Å². The number of carbonyl (C=O) groups is 2. The number of methoxy groups -OCH3 is 1. The van der Waals surface area contributed by atoms with Gasteiger partial charge in [0.05, 0.1) is 7.11 Å². The summed E-state index contributed by atoms with van der Waals surface area (Å²) >= 11 is 0. The van der Waals surface area contributed by atoms with Gasteiger partial charge in [-0.2, -0.15) is 0 Å². The van der Waals surface area contributed by atoms with E-state index in [1.54, 1.807) is 0 Å². The van der Waals surface area contributed by atoms with Crippen molar-refractivity contribution in [1.29, 1.82) is 0 Å². The first-order valence-corrected chi connectivity index (χ1v) is 14.3. The van der Waals surface area contributed by atoms with Gasteiger partial charge in [-0.05, 0) is 78.2 Å².